The second kappa shape index (κ2) is 5.81. The summed E-state index contributed by atoms with van der Waals surface area (Å²) in [5.41, 5.74) is 0.216. The molecule has 0 aliphatic carbocycles. The van der Waals surface area contributed by atoms with Crippen LogP contribution in [0.25, 0.3) is 10.8 Å². The molecule has 0 saturated heterocycles. The molecule has 0 aliphatic rings. The monoisotopic (exact) mass is 307 g/mol. The third kappa shape index (κ3) is 2.85. The van der Waals surface area contributed by atoms with Gasteiger partial charge in [0.2, 0.25) is 0 Å². The highest BCUT2D eigenvalue weighted by Gasteiger charge is 2.15. The molecule has 0 fully saturated rings. The molecule has 0 unspecified atom stereocenters. The maximum Gasteiger partial charge on any atom is 0.339 e. The number of amides is 1. The third-order valence-corrected chi connectivity index (χ3v) is 3.53. The van der Waals surface area contributed by atoms with Crippen molar-refractivity contribution in [2.24, 2.45) is 0 Å². The van der Waals surface area contributed by atoms with Crippen molar-refractivity contribution < 1.29 is 19.8 Å². The second-order valence-corrected chi connectivity index (χ2v) is 5.02. The molecular formula is C18H13NO4. The van der Waals surface area contributed by atoms with Crippen LogP contribution in [0.3, 0.4) is 0 Å². The van der Waals surface area contributed by atoms with Crippen LogP contribution in [-0.2, 0) is 0 Å². The Hall–Kier alpha value is -3.34. The number of para-hydroxylation sites is 1. The van der Waals surface area contributed by atoms with E-state index in [0.717, 1.165) is 10.8 Å². The van der Waals surface area contributed by atoms with Crippen LogP contribution in [-0.4, -0.2) is 22.1 Å². The maximum absolute atomic E-state index is 12.3. The van der Waals surface area contributed by atoms with Crippen molar-refractivity contribution in [1.29, 1.82) is 0 Å². The maximum atomic E-state index is 12.3. The van der Waals surface area contributed by atoms with E-state index in [4.69, 9.17) is 5.11 Å². The molecule has 3 rings (SSSR count). The number of carboxylic acids is 1. The summed E-state index contributed by atoms with van der Waals surface area (Å²) in [6, 6.07) is 17.1. The molecule has 0 spiro atoms. The highest BCUT2D eigenvalue weighted by Crippen LogP contribution is 2.28. The van der Waals surface area contributed by atoms with Crippen LogP contribution in [0.1, 0.15) is 20.7 Å². The van der Waals surface area contributed by atoms with E-state index in [-0.39, 0.29) is 11.3 Å². The SMILES string of the molecule is O=C(Nc1cccc(C(=O)O)c1O)c1ccc2ccccc2c1. The van der Waals surface area contributed by atoms with Crippen molar-refractivity contribution in [3.63, 3.8) is 0 Å². The van der Waals surface area contributed by atoms with Crippen molar-refractivity contribution in [3.8, 4) is 5.75 Å². The quantitative estimate of drug-likeness (QED) is 0.646. The van der Waals surface area contributed by atoms with Crippen LogP contribution < -0.4 is 5.32 Å². The smallest absolute Gasteiger partial charge is 0.339 e. The first-order chi connectivity index (χ1) is 11.1. The normalized spacial score (nSPS) is 10.4. The van der Waals surface area contributed by atoms with Crippen molar-refractivity contribution in [2.75, 3.05) is 5.32 Å². The average Bonchev–Trinajstić information content (AvgIpc) is 2.56. The van der Waals surface area contributed by atoms with Gasteiger partial charge in [0.15, 0.2) is 5.75 Å². The van der Waals surface area contributed by atoms with Crippen molar-refractivity contribution in [3.05, 3.63) is 71.8 Å². The number of anilines is 1. The number of carbonyl (C=O) groups is 2. The Balaban J connectivity index is 1.92. The van der Waals surface area contributed by atoms with E-state index < -0.39 is 17.6 Å². The van der Waals surface area contributed by atoms with Crippen LogP contribution >= 0.6 is 0 Å². The van der Waals surface area contributed by atoms with Gasteiger partial charge in [0.25, 0.3) is 5.91 Å². The minimum Gasteiger partial charge on any atom is -0.505 e. The summed E-state index contributed by atoms with van der Waals surface area (Å²) in [5, 5.41) is 23.4. The summed E-state index contributed by atoms with van der Waals surface area (Å²) in [4.78, 5) is 23.3. The molecule has 3 aromatic rings. The van der Waals surface area contributed by atoms with Gasteiger partial charge < -0.3 is 15.5 Å². The number of carboxylic acid groups (broad SMARTS) is 1. The van der Waals surface area contributed by atoms with Crippen molar-refractivity contribution in [1.82, 2.24) is 0 Å². The Morgan fingerprint density at radius 1 is 0.870 bits per heavy atom. The van der Waals surface area contributed by atoms with E-state index in [9.17, 15) is 14.7 Å². The number of hydrogen-bond acceptors (Lipinski definition) is 3. The van der Waals surface area contributed by atoms with Gasteiger partial charge in [-0.15, -0.1) is 0 Å². The molecule has 0 radical (unpaired) electrons. The Labute approximate surface area is 131 Å². The first-order valence-corrected chi connectivity index (χ1v) is 6.91. The summed E-state index contributed by atoms with van der Waals surface area (Å²) in [6.07, 6.45) is 0. The molecular weight excluding hydrogens is 294 g/mol. The summed E-state index contributed by atoms with van der Waals surface area (Å²) in [5.74, 6) is -2.15. The zero-order valence-corrected chi connectivity index (χ0v) is 12.0. The molecule has 0 bridgehead atoms. The van der Waals surface area contributed by atoms with Crippen LogP contribution in [0.4, 0.5) is 5.69 Å². The molecule has 1 amide bonds. The zero-order valence-electron chi connectivity index (χ0n) is 12.0. The van der Waals surface area contributed by atoms with E-state index in [2.05, 4.69) is 5.32 Å². The Bertz CT molecular complexity index is 918. The van der Waals surface area contributed by atoms with Crippen molar-refractivity contribution >= 4 is 28.3 Å². The lowest BCUT2D eigenvalue weighted by Crippen LogP contribution is -2.12. The average molecular weight is 307 g/mol. The summed E-state index contributed by atoms with van der Waals surface area (Å²) < 4.78 is 0. The number of aromatic hydroxyl groups is 1. The first-order valence-electron chi connectivity index (χ1n) is 6.91. The van der Waals surface area contributed by atoms with E-state index >= 15 is 0 Å². The number of rotatable bonds is 3. The molecule has 0 atom stereocenters. The van der Waals surface area contributed by atoms with Gasteiger partial charge in [0.1, 0.15) is 5.56 Å². The molecule has 114 valence electrons. The topological polar surface area (TPSA) is 86.6 Å². The highest BCUT2D eigenvalue weighted by atomic mass is 16.4. The van der Waals surface area contributed by atoms with Gasteiger partial charge in [-0.2, -0.15) is 0 Å². The van der Waals surface area contributed by atoms with Crippen LogP contribution in [0.5, 0.6) is 5.75 Å². The molecule has 3 aromatic carbocycles. The molecule has 3 N–H and O–H groups in total. The molecule has 0 aliphatic heterocycles. The van der Waals surface area contributed by atoms with Crippen LogP contribution in [0.15, 0.2) is 60.7 Å². The Morgan fingerprint density at radius 3 is 2.35 bits per heavy atom. The molecule has 23 heavy (non-hydrogen) atoms. The highest BCUT2D eigenvalue weighted by molar-refractivity contribution is 6.08. The standard InChI is InChI=1S/C18H13NO4/c20-16-14(18(22)23)6-3-7-15(16)19-17(21)13-9-8-11-4-1-2-5-12(11)10-13/h1-10,20H,(H,19,21)(H,22,23). The molecule has 0 saturated carbocycles. The predicted molar refractivity (Wildman–Crippen MR) is 87.0 cm³/mol. The Morgan fingerprint density at radius 2 is 1.61 bits per heavy atom. The van der Waals surface area contributed by atoms with Crippen LogP contribution in [0, 0.1) is 0 Å². The van der Waals surface area contributed by atoms with E-state index in [1.807, 2.05) is 30.3 Å². The molecule has 5 nitrogen and oxygen atoms in total. The summed E-state index contributed by atoms with van der Waals surface area (Å²) in [7, 11) is 0. The van der Waals surface area contributed by atoms with Gasteiger partial charge in [0.05, 0.1) is 5.69 Å². The summed E-state index contributed by atoms with van der Waals surface area (Å²) >= 11 is 0. The molecule has 5 heteroatoms. The fourth-order valence-corrected chi connectivity index (χ4v) is 2.34. The number of fused-ring (bicyclic) bond motifs is 1. The van der Waals surface area contributed by atoms with Crippen LogP contribution in [0.2, 0.25) is 0 Å². The van der Waals surface area contributed by atoms with E-state index in [0.29, 0.717) is 5.56 Å². The third-order valence-electron chi connectivity index (χ3n) is 3.53. The minimum absolute atomic E-state index is 0.0584. The lowest BCUT2D eigenvalue weighted by Gasteiger charge is -2.09. The van der Waals surface area contributed by atoms with Gasteiger partial charge in [-0.25, -0.2) is 4.79 Å². The van der Waals surface area contributed by atoms with Gasteiger partial charge in [0, 0.05) is 5.56 Å². The lowest BCUT2D eigenvalue weighted by atomic mass is 10.1. The number of phenols is 1. The fourth-order valence-electron chi connectivity index (χ4n) is 2.34. The predicted octanol–water partition coefficient (Wildman–Crippen LogP) is 3.50. The number of carbonyl (C=O) groups excluding carboxylic acids is 1. The molecule has 0 aromatic heterocycles. The number of benzene rings is 3. The number of nitrogens with one attached hydrogen (secondary N) is 1. The lowest BCUT2D eigenvalue weighted by molar-refractivity contribution is 0.0693. The van der Waals surface area contributed by atoms with Gasteiger partial charge >= 0.3 is 5.97 Å². The second-order valence-electron chi connectivity index (χ2n) is 5.02. The van der Waals surface area contributed by atoms with Gasteiger partial charge in [-0.05, 0) is 35.0 Å². The largest absolute Gasteiger partial charge is 0.505 e. The first kappa shape index (κ1) is 14.6. The fraction of sp³-hybridized carbons (Fsp3) is 0. The van der Waals surface area contributed by atoms with Crippen molar-refractivity contribution in [2.45, 2.75) is 0 Å². The molecule has 0 heterocycles. The van der Waals surface area contributed by atoms with Gasteiger partial charge in [-0.3, -0.25) is 4.79 Å². The Kier molecular flexibility index (Phi) is 3.68. The number of aromatic carboxylic acids is 1. The summed E-state index contributed by atoms with van der Waals surface area (Å²) in [6.45, 7) is 0. The zero-order chi connectivity index (χ0) is 16.4. The van der Waals surface area contributed by atoms with Gasteiger partial charge in [-0.1, -0.05) is 36.4 Å². The number of hydrogen-bond donors (Lipinski definition) is 3. The van der Waals surface area contributed by atoms with E-state index in [1.165, 1.54) is 18.2 Å². The minimum atomic E-state index is -1.26. The van der Waals surface area contributed by atoms with E-state index in [1.54, 1.807) is 12.1 Å².